The largest absolute Gasteiger partial charge is 1.00 e. The van der Waals surface area contributed by atoms with E-state index in [9.17, 15) is 13.0 Å². The number of nitrogens with zero attached hydrogens (tertiary/aromatic N) is 2. The minimum Gasteiger partial charge on any atom is -0.744 e. The van der Waals surface area contributed by atoms with Gasteiger partial charge in [0.15, 0.2) is 0 Å². The van der Waals surface area contributed by atoms with Crippen molar-refractivity contribution < 1.29 is 42.5 Å². The smallest absolute Gasteiger partial charge is 0.744 e. The molecule has 2 aromatic rings. The number of hydrogen-bond acceptors (Lipinski definition) is 6. The van der Waals surface area contributed by atoms with E-state index < -0.39 is 10.1 Å². The third-order valence-electron chi connectivity index (χ3n) is 2.98. The fraction of sp³-hybridized carbons (Fsp3) is 0.143. The van der Waals surface area contributed by atoms with E-state index in [0.717, 1.165) is 11.1 Å². The number of hydrogen-bond donors (Lipinski definition) is 1. The number of benzene rings is 2. The molecule has 0 amide bonds. The maximum Gasteiger partial charge on any atom is 1.00 e. The molecular weight excluding hydrogens is 313 g/mol. The molecule has 0 radical (unpaired) electrons. The van der Waals surface area contributed by atoms with Crippen LogP contribution in [-0.2, 0) is 10.1 Å². The second-order valence-corrected chi connectivity index (χ2v) is 6.02. The van der Waals surface area contributed by atoms with E-state index in [1.807, 2.05) is 26.0 Å². The fourth-order valence-electron chi connectivity index (χ4n) is 1.72. The molecule has 2 rings (SSSR count). The van der Waals surface area contributed by atoms with Crippen molar-refractivity contribution in [2.24, 2.45) is 10.2 Å². The zero-order valence-corrected chi connectivity index (χ0v) is 15.4. The molecular formula is C14H14N3NaO3S. The van der Waals surface area contributed by atoms with Gasteiger partial charge in [0, 0.05) is 5.69 Å². The molecule has 0 aromatic heterocycles. The summed E-state index contributed by atoms with van der Waals surface area (Å²) in [5, 5.41) is 8.13. The van der Waals surface area contributed by atoms with Crippen LogP contribution in [0.1, 0.15) is 11.1 Å². The van der Waals surface area contributed by atoms with Crippen molar-refractivity contribution in [2.45, 2.75) is 18.7 Å². The molecule has 0 unspecified atom stereocenters. The standard InChI is InChI=1S/C14H15N3O3S.Na/c1-9-8-14(10(2)7-13(9)15)17-16-11-3-5-12(6-4-11)21(18,19)20;/h3-8H,15H2,1-2H3,(H,18,19,20);/q;+1/p-1/b17-16+;. The van der Waals surface area contributed by atoms with Gasteiger partial charge in [-0.15, -0.1) is 0 Å². The number of aryl methyl sites for hydroxylation is 2. The second-order valence-electron chi connectivity index (χ2n) is 4.64. The average Bonchev–Trinajstić information content (AvgIpc) is 2.41. The molecule has 22 heavy (non-hydrogen) atoms. The van der Waals surface area contributed by atoms with E-state index >= 15 is 0 Å². The SMILES string of the molecule is Cc1cc(/N=N/c2ccc(S(=O)(=O)[O-])cc2)c(C)cc1N.[Na+]. The van der Waals surface area contributed by atoms with Gasteiger partial charge in [0.1, 0.15) is 10.1 Å². The molecule has 0 aliphatic rings. The molecule has 8 heteroatoms. The van der Waals surface area contributed by atoms with Crippen molar-refractivity contribution in [2.75, 3.05) is 5.73 Å². The van der Waals surface area contributed by atoms with Crippen molar-refractivity contribution >= 4 is 27.2 Å². The van der Waals surface area contributed by atoms with E-state index in [2.05, 4.69) is 10.2 Å². The Hall–Kier alpha value is -1.25. The molecule has 2 aromatic carbocycles. The van der Waals surface area contributed by atoms with Crippen molar-refractivity contribution in [3.63, 3.8) is 0 Å². The van der Waals surface area contributed by atoms with Gasteiger partial charge in [-0.05, 0) is 61.4 Å². The zero-order valence-electron chi connectivity index (χ0n) is 12.6. The maximum absolute atomic E-state index is 10.8. The van der Waals surface area contributed by atoms with Gasteiger partial charge in [0.25, 0.3) is 0 Å². The summed E-state index contributed by atoms with van der Waals surface area (Å²) in [5.41, 5.74) is 9.42. The second kappa shape index (κ2) is 7.34. The molecule has 0 saturated heterocycles. The number of rotatable bonds is 3. The average molecular weight is 327 g/mol. The Balaban J connectivity index is 0.00000242. The Labute approximate surface area is 151 Å². The monoisotopic (exact) mass is 327 g/mol. The zero-order chi connectivity index (χ0) is 15.6. The summed E-state index contributed by atoms with van der Waals surface area (Å²) >= 11 is 0. The predicted octanol–water partition coefficient (Wildman–Crippen LogP) is 0.209. The van der Waals surface area contributed by atoms with Crippen LogP contribution >= 0.6 is 0 Å². The van der Waals surface area contributed by atoms with Gasteiger partial charge in [-0.25, -0.2) is 8.42 Å². The van der Waals surface area contributed by atoms with E-state index in [0.29, 0.717) is 17.1 Å². The number of nitrogen functional groups attached to an aromatic ring is 1. The van der Waals surface area contributed by atoms with Gasteiger partial charge in [0.2, 0.25) is 0 Å². The van der Waals surface area contributed by atoms with E-state index in [4.69, 9.17) is 5.73 Å². The molecule has 2 N–H and O–H groups in total. The fourth-order valence-corrected chi connectivity index (χ4v) is 2.19. The summed E-state index contributed by atoms with van der Waals surface area (Å²) < 4.78 is 32.4. The molecule has 110 valence electrons. The van der Waals surface area contributed by atoms with Gasteiger partial charge in [-0.2, -0.15) is 10.2 Å². The first-order valence-corrected chi connectivity index (χ1v) is 7.52. The van der Waals surface area contributed by atoms with Crippen LogP contribution in [-0.4, -0.2) is 13.0 Å². The Kier molecular flexibility index (Phi) is 6.27. The Morgan fingerprint density at radius 2 is 1.59 bits per heavy atom. The topological polar surface area (TPSA) is 108 Å². The molecule has 6 nitrogen and oxygen atoms in total. The normalized spacial score (nSPS) is 11.4. The van der Waals surface area contributed by atoms with Crippen molar-refractivity contribution in [3.05, 3.63) is 47.5 Å². The van der Waals surface area contributed by atoms with Crippen LogP contribution in [0.4, 0.5) is 17.1 Å². The minimum absolute atomic E-state index is 0. The van der Waals surface area contributed by atoms with Gasteiger partial charge in [-0.3, -0.25) is 0 Å². The Bertz CT molecular complexity index is 803. The number of azo groups is 1. The summed E-state index contributed by atoms with van der Waals surface area (Å²) in [6.07, 6.45) is 0. The van der Waals surface area contributed by atoms with Crippen LogP contribution in [0, 0.1) is 13.8 Å². The predicted molar refractivity (Wildman–Crippen MR) is 78.9 cm³/mol. The molecule has 0 aliphatic carbocycles. The van der Waals surface area contributed by atoms with Gasteiger partial charge in [-0.1, -0.05) is 0 Å². The quantitative estimate of drug-likeness (QED) is 0.376. The van der Waals surface area contributed by atoms with Gasteiger partial charge < -0.3 is 10.3 Å². The van der Waals surface area contributed by atoms with Crippen LogP contribution in [0.5, 0.6) is 0 Å². The number of nitrogens with two attached hydrogens (primary N) is 1. The van der Waals surface area contributed by atoms with E-state index in [1.165, 1.54) is 24.3 Å². The van der Waals surface area contributed by atoms with Crippen LogP contribution in [0.3, 0.4) is 0 Å². The third-order valence-corrected chi connectivity index (χ3v) is 3.83. The Morgan fingerprint density at radius 3 is 2.14 bits per heavy atom. The molecule has 0 atom stereocenters. The molecule has 0 aliphatic heterocycles. The summed E-state index contributed by atoms with van der Waals surface area (Å²) in [4.78, 5) is -0.291. The van der Waals surface area contributed by atoms with Crippen molar-refractivity contribution in [1.29, 1.82) is 0 Å². The number of anilines is 1. The summed E-state index contributed by atoms with van der Waals surface area (Å²) in [7, 11) is -4.44. The van der Waals surface area contributed by atoms with E-state index in [-0.39, 0.29) is 34.5 Å². The summed E-state index contributed by atoms with van der Waals surface area (Å²) in [6.45, 7) is 3.75. The van der Waals surface area contributed by atoms with Crippen molar-refractivity contribution in [3.8, 4) is 0 Å². The third kappa shape index (κ3) is 4.62. The van der Waals surface area contributed by atoms with Crippen LogP contribution < -0.4 is 35.3 Å². The van der Waals surface area contributed by atoms with Crippen LogP contribution in [0.25, 0.3) is 0 Å². The first-order valence-electron chi connectivity index (χ1n) is 6.12. The van der Waals surface area contributed by atoms with E-state index in [1.54, 1.807) is 0 Å². The molecule has 0 saturated carbocycles. The first kappa shape index (κ1) is 18.8. The van der Waals surface area contributed by atoms with Gasteiger partial charge >= 0.3 is 29.6 Å². The summed E-state index contributed by atoms with van der Waals surface area (Å²) in [6, 6.07) is 8.90. The Morgan fingerprint density at radius 1 is 1.00 bits per heavy atom. The molecule has 0 heterocycles. The maximum atomic E-state index is 10.8. The van der Waals surface area contributed by atoms with Gasteiger partial charge in [0.05, 0.1) is 16.3 Å². The van der Waals surface area contributed by atoms with Crippen LogP contribution in [0.2, 0.25) is 0 Å². The van der Waals surface area contributed by atoms with Crippen LogP contribution in [0.15, 0.2) is 51.5 Å². The molecule has 0 fully saturated rings. The molecule has 0 spiro atoms. The minimum atomic E-state index is -4.44. The first-order chi connectivity index (χ1) is 9.77. The molecule has 0 bridgehead atoms. The van der Waals surface area contributed by atoms with Crippen molar-refractivity contribution in [1.82, 2.24) is 0 Å². The summed E-state index contributed by atoms with van der Waals surface area (Å²) in [5.74, 6) is 0.